The van der Waals surface area contributed by atoms with E-state index in [2.05, 4.69) is 43.4 Å². The van der Waals surface area contributed by atoms with Gasteiger partial charge in [0.15, 0.2) is 0 Å². The van der Waals surface area contributed by atoms with Crippen molar-refractivity contribution in [2.45, 2.75) is 70.4 Å². The lowest BCUT2D eigenvalue weighted by atomic mass is 9.74. The molecule has 1 atom stereocenters. The van der Waals surface area contributed by atoms with Crippen molar-refractivity contribution >= 4 is 0 Å². The van der Waals surface area contributed by atoms with Crippen molar-refractivity contribution < 1.29 is 4.74 Å². The normalized spacial score (nSPS) is 18.2. The summed E-state index contributed by atoms with van der Waals surface area (Å²) < 4.78 is 5.81. The Bertz CT molecular complexity index is 403. The first-order valence-corrected chi connectivity index (χ1v) is 8.60. The fraction of sp³-hybridized carbons (Fsp3) is 0.684. The van der Waals surface area contributed by atoms with Crippen molar-refractivity contribution in [3.05, 3.63) is 35.4 Å². The number of nitrogens with one attached hydrogen (secondary N) is 1. The molecule has 1 saturated carbocycles. The van der Waals surface area contributed by atoms with Gasteiger partial charge in [-0.25, -0.2) is 0 Å². The number of aryl methyl sites for hydroxylation is 1. The van der Waals surface area contributed by atoms with Crippen LogP contribution in [-0.4, -0.2) is 19.3 Å². The summed E-state index contributed by atoms with van der Waals surface area (Å²) in [6.07, 6.45) is 8.56. The summed E-state index contributed by atoms with van der Waals surface area (Å²) in [5, 5.41) is 3.64. The van der Waals surface area contributed by atoms with E-state index in [1.54, 1.807) is 0 Å². The molecule has 2 rings (SSSR count). The molecule has 1 aromatic rings. The van der Waals surface area contributed by atoms with Gasteiger partial charge < -0.3 is 10.1 Å². The lowest BCUT2D eigenvalue weighted by Gasteiger charge is -2.43. The van der Waals surface area contributed by atoms with E-state index in [9.17, 15) is 0 Å². The van der Waals surface area contributed by atoms with Crippen LogP contribution in [0.3, 0.4) is 0 Å². The maximum atomic E-state index is 5.81. The molecule has 1 aliphatic rings. The molecule has 2 heteroatoms. The van der Waals surface area contributed by atoms with Gasteiger partial charge in [-0.3, -0.25) is 0 Å². The minimum Gasteiger partial charge on any atom is -0.378 e. The second-order valence-corrected chi connectivity index (χ2v) is 6.40. The van der Waals surface area contributed by atoms with Crippen LogP contribution in [0.2, 0.25) is 0 Å². The summed E-state index contributed by atoms with van der Waals surface area (Å²) in [5.74, 6) is 0. The molecule has 2 nitrogen and oxygen atoms in total. The number of benzene rings is 1. The zero-order valence-electron chi connectivity index (χ0n) is 14.0. The Morgan fingerprint density at radius 2 is 1.90 bits per heavy atom. The van der Waals surface area contributed by atoms with Gasteiger partial charge >= 0.3 is 0 Å². The third-order valence-electron chi connectivity index (χ3n) is 4.93. The molecule has 1 aromatic carbocycles. The molecule has 0 heterocycles. The van der Waals surface area contributed by atoms with Gasteiger partial charge in [-0.2, -0.15) is 0 Å². The highest BCUT2D eigenvalue weighted by atomic mass is 16.5. The Morgan fingerprint density at radius 1 is 1.19 bits per heavy atom. The molecule has 118 valence electrons. The number of unbranched alkanes of at least 4 members (excludes halogenated alkanes) is 1. The van der Waals surface area contributed by atoms with Crippen LogP contribution in [0.5, 0.6) is 0 Å². The molecule has 21 heavy (non-hydrogen) atoms. The Labute approximate surface area is 130 Å². The van der Waals surface area contributed by atoms with Gasteiger partial charge in [0.2, 0.25) is 0 Å². The van der Waals surface area contributed by atoms with Crippen LogP contribution < -0.4 is 5.32 Å². The van der Waals surface area contributed by atoms with E-state index < -0.39 is 0 Å². The monoisotopic (exact) mass is 289 g/mol. The standard InChI is InChI=1S/C19H31NO/c1-4-6-8-16-9-11-17(12-10-16)18(20-5-2)15-19(21-3)13-7-14-19/h9-12,18,20H,4-8,13-15H2,1-3H3. The lowest BCUT2D eigenvalue weighted by Crippen LogP contribution is -2.42. The molecule has 0 spiro atoms. The molecule has 0 amide bonds. The first-order chi connectivity index (χ1) is 10.2. The van der Waals surface area contributed by atoms with E-state index in [-0.39, 0.29) is 5.60 Å². The van der Waals surface area contributed by atoms with Gasteiger partial charge in [0.05, 0.1) is 5.60 Å². The van der Waals surface area contributed by atoms with Crippen LogP contribution >= 0.6 is 0 Å². The van der Waals surface area contributed by atoms with E-state index in [1.165, 1.54) is 49.7 Å². The van der Waals surface area contributed by atoms with Gasteiger partial charge in [-0.05, 0) is 56.2 Å². The van der Waals surface area contributed by atoms with Crippen LogP contribution in [-0.2, 0) is 11.2 Å². The highest BCUT2D eigenvalue weighted by Gasteiger charge is 2.39. The van der Waals surface area contributed by atoms with Gasteiger partial charge in [0, 0.05) is 13.2 Å². The fourth-order valence-electron chi connectivity index (χ4n) is 3.29. The maximum Gasteiger partial charge on any atom is 0.0697 e. The van der Waals surface area contributed by atoms with Crippen molar-refractivity contribution in [3.8, 4) is 0 Å². The van der Waals surface area contributed by atoms with E-state index in [1.807, 2.05) is 7.11 Å². The van der Waals surface area contributed by atoms with Crippen LogP contribution in [0.4, 0.5) is 0 Å². The number of hydrogen-bond acceptors (Lipinski definition) is 2. The number of methoxy groups -OCH3 is 1. The topological polar surface area (TPSA) is 21.3 Å². The highest BCUT2D eigenvalue weighted by Crippen LogP contribution is 2.41. The smallest absolute Gasteiger partial charge is 0.0697 e. The van der Waals surface area contributed by atoms with E-state index in [0.717, 1.165) is 13.0 Å². The Kier molecular flexibility index (Phi) is 6.25. The number of hydrogen-bond donors (Lipinski definition) is 1. The highest BCUT2D eigenvalue weighted by molar-refractivity contribution is 5.26. The quantitative estimate of drug-likeness (QED) is 0.715. The van der Waals surface area contributed by atoms with Gasteiger partial charge in [-0.15, -0.1) is 0 Å². The number of rotatable bonds is 9. The van der Waals surface area contributed by atoms with E-state index >= 15 is 0 Å². The molecule has 1 fully saturated rings. The predicted molar refractivity (Wildman–Crippen MR) is 89.7 cm³/mol. The van der Waals surface area contributed by atoms with E-state index in [4.69, 9.17) is 4.74 Å². The third-order valence-corrected chi connectivity index (χ3v) is 4.93. The van der Waals surface area contributed by atoms with Crippen molar-refractivity contribution in [2.75, 3.05) is 13.7 Å². The third kappa shape index (κ3) is 4.31. The summed E-state index contributed by atoms with van der Waals surface area (Å²) >= 11 is 0. The average Bonchev–Trinajstić information content (AvgIpc) is 2.48. The molecule has 0 aromatic heterocycles. The summed E-state index contributed by atoms with van der Waals surface area (Å²) in [6, 6.07) is 9.63. The van der Waals surface area contributed by atoms with Gasteiger partial charge in [0.1, 0.15) is 0 Å². The summed E-state index contributed by atoms with van der Waals surface area (Å²) in [4.78, 5) is 0. The Hall–Kier alpha value is -0.860. The van der Waals surface area contributed by atoms with Crippen LogP contribution in [0.1, 0.15) is 69.5 Å². The Balaban J connectivity index is 2.03. The zero-order valence-corrected chi connectivity index (χ0v) is 14.0. The van der Waals surface area contributed by atoms with Crippen LogP contribution in [0, 0.1) is 0 Å². The maximum absolute atomic E-state index is 5.81. The van der Waals surface area contributed by atoms with Crippen LogP contribution in [0.25, 0.3) is 0 Å². The summed E-state index contributed by atoms with van der Waals surface area (Å²) in [6.45, 7) is 5.43. The van der Waals surface area contributed by atoms with Gasteiger partial charge in [-0.1, -0.05) is 44.5 Å². The molecule has 1 unspecified atom stereocenters. The van der Waals surface area contributed by atoms with E-state index in [0.29, 0.717) is 6.04 Å². The van der Waals surface area contributed by atoms with Crippen LogP contribution in [0.15, 0.2) is 24.3 Å². The summed E-state index contributed by atoms with van der Waals surface area (Å²) in [7, 11) is 1.87. The first kappa shape index (κ1) is 16.5. The molecule has 0 radical (unpaired) electrons. The second kappa shape index (κ2) is 7.95. The molecular weight excluding hydrogens is 258 g/mol. The molecule has 0 aliphatic heterocycles. The molecule has 1 N–H and O–H groups in total. The minimum atomic E-state index is 0.119. The minimum absolute atomic E-state index is 0.119. The molecule has 0 bridgehead atoms. The average molecular weight is 289 g/mol. The van der Waals surface area contributed by atoms with Crippen molar-refractivity contribution in [1.82, 2.24) is 5.32 Å². The number of ether oxygens (including phenoxy) is 1. The summed E-state index contributed by atoms with van der Waals surface area (Å²) in [5.41, 5.74) is 2.98. The van der Waals surface area contributed by atoms with Gasteiger partial charge in [0.25, 0.3) is 0 Å². The van der Waals surface area contributed by atoms with Crippen molar-refractivity contribution in [3.63, 3.8) is 0 Å². The Morgan fingerprint density at radius 3 is 2.38 bits per heavy atom. The van der Waals surface area contributed by atoms with Crippen molar-refractivity contribution in [2.24, 2.45) is 0 Å². The molecule has 1 aliphatic carbocycles. The largest absolute Gasteiger partial charge is 0.378 e. The zero-order chi connectivity index (χ0) is 15.1. The predicted octanol–water partition coefficient (Wildman–Crippen LogP) is 4.64. The molecule has 0 saturated heterocycles. The second-order valence-electron chi connectivity index (χ2n) is 6.40. The fourth-order valence-corrected chi connectivity index (χ4v) is 3.29. The SMILES string of the molecule is CCCCc1ccc(C(CC2(OC)CCC2)NCC)cc1. The lowest BCUT2D eigenvalue weighted by molar-refractivity contribution is -0.0837. The first-order valence-electron chi connectivity index (χ1n) is 8.60. The van der Waals surface area contributed by atoms with Crippen molar-refractivity contribution in [1.29, 1.82) is 0 Å². The molecular formula is C19H31NO.